The Hall–Kier alpha value is -2.07. The van der Waals surface area contributed by atoms with Crippen LogP contribution in [-0.2, 0) is 19.6 Å². The van der Waals surface area contributed by atoms with Crippen molar-refractivity contribution < 1.29 is 27.5 Å². The highest BCUT2D eigenvalue weighted by Gasteiger charge is 2.40. The molecule has 1 unspecified atom stereocenters. The normalized spacial score (nSPS) is 20.4. The monoisotopic (exact) mass is 303 g/mol. The molecule has 2 heterocycles. The van der Waals surface area contributed by atoms with E-state index in [0.29, 0.717) is 10.4 Å². The quantitative estimate of drug-likeness (QED) is 0.724. The van der Waals surface area contributed by atoms with Gasteiger partial charge in [-0.1, -0.05) is 0 Å². The van der Waals surface area contributed by atoms with Crippen LogP contribution in [0.2, 0.25) is 0 Å². The molecule has 20 heavy (non-hydrogen) atoms. The molecule has 1 aromatic rings. The highest BCUT2D eigenvalue weighted by molar-refractivity contribution is 7.89. The first kappa shape index (κ1) is 14.3. The van der Waals surface area contributed by atoms with Crippen LogP contribution >= 0.6 is 0 Å². The predicted octanol–water partition coefficient (Wildman–Crippen LogP) is -1.21. The van der Waals surface area contributed by atoms with Crippen LogP contribution in [0.25, 0.3) is 0 Å². The highest BCUT2D eigenvalue weighted by atomic mass is 32.2. The average Bonchev–Trinajstić information content (AvgIpc) is 2.38. The first-order valence-corrected chi connectivity index (χ1v) is 6.88. The summed E-state index contributed by atoms with van der Waals surface area (Å²) in [6.45, 7) is -0.994. The minimum Gasteiger partial charge on any atom is -0.480 e. The fraction of sp³-hybridized carbons (Fsp3) is 0.300. The molecular formula is C10H10FN3O5S. The molecule has 1 atom stereocenters. The van der Waals surface area contributed by atoms with Gasteiger partial charge in [-0.2, -0.15) is 4.31 Å². The van der Waals surface area contributed by atoms with E-state index in [1.807, 2.05) is 0 Å². The molecule has 0 aromatic carbocycles. The number of pyridine rings is 1. The number of aliphatic carboxylic acids is 1. The van der Waals surface area contributed by atoms with E-state index in [-0.39, 0.29) is 6.54 Å². The molecular weight excluding hydrogens is 293 g/mol. The lowest BCUT2D eigenvalue weighted by Crippen LogP contribution is -2.59. The van der Waals surface area contributed by atoms with Crippen molar-refractivity contribution in [3.8, 4) is 0 Å². The van der Waals surface area contributed by atoms with Gasteiger partial charge in [-0.3, -0.25) is 14.6 Å². The molecule has 0 radical (unpaired) electrons. The van der Waals surface area contributed by atoms with E-state index >= 15 is 0 Å². The predicted molar refractivity (Wildman–Crippen MR) is 62.5 cm³/mol. The summed E-state index contributed by atoms with van der Waals surface area (Å²) in [7, 11) is -4.32. The minimum absolute atomic E-state index is 0.351. The Morgan fingerprint density at radius 3 is 2.80 bits per heavy atom. The van der Waals surface area contributed by atoms with Gasteiger partial charge in [0.05, 0.1) is 12.7 Å². The third-order valence-electron chi connectivity index (χ3n) is 2.71. The second-order valence-corrected chi connectivity index (χ2v) is 5.94. The van der Waals surface area contributed by atoms with Crippen LogP contribution in [-0.4, -0.2) is 53.8 Å². The number of halogens is 1. The van der Waals surface area contributed by atoms with Gasteiger partial charge in [-0.05, 0) is 6.07 Å². The van der Waals surface area contributed by atoms with Crippen molar-refractivity contribution in [2.24, 2.45) is 0 Å². The van der Waals surface area contributed by atoms with Gasteiger partial charge in [0.1, 0.15) is 16.8 Å². The number of carboxylic acid groups (broad SMARTS) is 1. The molecule has 1 aliphatic rings. The highest BCUT2D eigenvalue weighted by Crippen LogP contribution is 2.19. The summed E-state index contributed by atoms with van der Waals surface area (Å²) in [6.07, 6.45) is 1.71. The molecule has 1 saturated heterocycles. The molecule has 0 spiro atoms. The molecule has 2 N–H and O–H groups in total. The van der Waals surface area contributed by atoms with Crippen LogP contribution in [0.3, 0.4) is 0 Å². The SMILES string of the molecule is O=C1CN(S(=O)(=O)c2cncc(F)c2)C(C(=O)O)CN1. The Kier molecular flexibility index (Phi) is 3.68. The van der Waals surface area contributed by atoms with Crippen molar-refractivity contribution in [1.82, 2.24) is 14.6 Å². The third kappa shape index (κ3) is 2.60. The fourth-order valence-corrected chi connectivity index (χ4v) is 3.27. The second kappa shape index (κ2) is 5.13. The standard InChI is InChI=1S/C10H10FN3O5S/c11-6-1-7(3-12-2-6)20(18,19)14-5-9(15)13-4-8(14)10(16)17/h1-3,8H,4-5H2,(H,13,15)(H,16,17). The van der Waals surface area contributed by atoms with Gasteiger partial charge >= 0.3 is 5.97 Å². The number of carbonyl (C=O) groups excluding carboxylic acids is 1. The maximum Gasteiger partial charge on any atom is 0.323 e. The Labute approximate surface area is 113 Å². The van der Waals surface area contributed by atoms with Crippen molar-refractivity contribution in [1.29, 1.82) is 0 Å². The second-order valence-electron chi connectivity index (χ2n) is 4.05. The van der Waals surface area contributed by atoms with Gasteiger partial charge in [0.2, 0.25) is 15.9 Å². The van der Waals surface area contributed by atoms with E-state index in [1.54, 1.807) is 0 Å². The summed E-state index contributed by atoms with van der Waals surface area (Å²) in [5.74, 6) is -2.91. The fourth-order valence-electron chi connectivity index (χ4n) is 1.75. The van der Waals surface area contributed by atoms with E-state index in [4.69, 9.17) is 5.11 Å². The van der Waals surface area contributed by atoms with Crippen molar-refractivity contribution in [2.75, 3.05) is 13.1 Å². The zero-order valence-corrected chi connectivity index (χ0v) is 10.8. The van der Waals surface area contributed by atoms with E-state index in [1.165, 1.54) is 0 Å². The van der Waals surface area contributed by atoms with Crippen molar-refractivity contribution in [2.45, 2.75) is 10.9 Å². The van der Waals surface area contributed by atoms with Crippen LogP contribution in [0.15, 0.2) is 23.4 Å². The Morgan fingerprint density at radius 2 is 2.20 bits per heavy atom. The van der Waals surface area contributed by atoms with E-state index in [9.17, 15) is 22.4 Å². The summed E-state index contributed by atoms with van der Waals surface area (Å²) in [5, 5.41) is 11.3. The average molecular weight is 303 g/mol. The lowest BCUT2D eigenvalue weighted by atomic mass is 10.2. The number of carboxylic acids is 1. The van der Waals surface area contributed by atoms with Gasteiger partial charge in [-0.25, -0.2) is 12.8 Å². The number of amides is 1. The number of hydrogen-bond donors (Lipinski definition) is 2. The van der Waals surface area contributed by atoms with Crippen LogP contribution in [0.1, 0.15) is 0 Å². The molecule has 0 aliphatic carbocycles. The molecule has 10 heteroatoms. The van der Waals surface area contributed by atoms with E-state index in [2.05, 4.69) is 10.3 Å². The summed E-state index contributed by atoms with van der Waals surface area (Å²) in [5.41, 5.74) is 0. The van der Waals surface area contributed by atoms with Gasteiger partial charge < -0.3 is 10.4 Å². The number of rotatable bonds is 3. The van der Waals surface area contributed by atoms with E-state index in [0.717, 1.165) is 12.4 Å². The Morgan fingerprint density at radius 1 is 1.50 bits per heavy atom. The van der Waals surface area contributed by atoms with E-state index < -0.39 is 45.2 Å². The van der Waals surface area contributed by atoms with Gasteiger partial charge in [-0.15, -0.1) is 0 Å². The van der Waals surface area contributed by atoms with Gasteiger partial charge in [0.15, 0.2) is 0 Å². The molecule has 1 aliphatic heterocycles. The zero-order chi connectivity index (χ0) is 14.9. The summed E-state index contributed by atoms with van der Waals surface area (Å²) >= 11 is 0. The lowest BCUT2D eigenvalue weighted by Gasteiger charge is -2.31. The number of nitrogens with zero attached hydrogens (tertiary/aromatic N) is 2. The first-order valence-electron chi connectivity index (χ1n) is 5.44. The summed E-state index contributed by atoms with van der Waals surface area (Å²) < 4.78 is 38.1. The number of sulfonamides is 1. The topological polar surface area (TPSA) is 117 Å². The maximum atomic E-state index is 13.1. The number of hydrogen-bond acceptors (Lipinski definition) is 5. The van der Waals surface area contributed by atoms with Crippen molar-refractivity contribution in [3.63, 3.8) is 0 Å². The van der Waals surface area contributed by atoms with Crippen LogP contribution in [0.5, 0.6) is 0 Å². The largest absolute Gasteiger partial charge is 0.480 e. The minimum atomic E-state index is -4.32. The molecule has 1 aromatic heterocycles. The number of aromatic nitrogens is 1. The van der Waals surface area contributed by atoms with Gasteiger partial charge in [0.25, 0.3) is 0 Å². The zero-order valence-electron chi connectivity index (χ0n) is 9.98. The summed E-state index contributed by atoms with van der Waals surface area (Å²) in [4.78, 5) is 25.3. The molecule has 8 nitrogen and oxygen atoms in total. The van der Waals surface area contributed by atoms with Crippen LogP contribution < -0.4 is 5.32 Å². The molecule has 0 bridgehead atoms. The summed E-state index contributed by atoms with van der Waals surface area (Å²) in [6, 6.07) is -0.728. The lowest BCUT2D eigenvalue weighted by molar-refractivity contribution is -0.143. The van der Waals surface area contributed by atoms with Gasteiger partial charge in [0, 0.05) is 12.7 Å². The molecule has 108 valence electrons. The molecule has 1 fully saturated rings. The van der Waals surface area contributed by atoms with Crippen LogP contribution in [0, 0.1) is 5.82 Å². The van der Waals surface area contributed by atoms with Crippen molar-refractivity contribution in [3.05, 3.63) is 24.3 Å². The molecule has 2 rings (SSSR count). The Bertz CT molecular complexity index is 663. The smallest absolute Gasteiger partial charge is 0.323 e. The van der Waals surface area contributed by atoms with Crippen molar-refractivity contribution >= 4 is 21.9 Å². The number of piperazine rings is 1. The number of nitrogens with one attached hydrogen (secondary N) is 1. The Balaban J connectivity index is 2.44. The van der Waals surface area contributed by atoms with Crippen LogP contribution in [0.4, 0.5) is 4.39 Å². The number of carbonyl (C=O) groups is 2. The first-order chi connectivity index (χ1) is 9.32. The molecule has 0 saturated carbocycles. The third-order valence-corrected chi connectivity index (χ3v) is 4.53. The molecule has 1 amide bonds. The maximum absolute atomic E-state index is 13.1.